The van der Waals surface area contributed by atoms with Crippen molar-refractivity contribution in [2.75, 3.05) is 21.3 Å². The lowest BCUT2D eigenvalue weighted by atomic mass is 10.1. The Morgan fingerprint density at radius 1 is 1.23 bits per heavy atom. The van der Waals surface area contributed by atoms with E-state index in [1.165, 1.54) is 21.3 Å². The van der Waals surface area contributed by atoms with Crippen LogP contribution in [0.3, 0.4) is 0 Å². The van der Waals surface area contributed by atoms with Crippen molar-refractivity contribution in [3.05, 3.63) is 0 Å². The summed E-state index contributed by atoms with van der Waals surface area (Å²) in [5, 5.41) is 0. The summed E-state index contributed by atoms with van der Waals surface area (Å²) in [7, 11) is 4.46. The zero-order chi connectivity index (χ0) is 9.84. The third-order valence-electron chi connectivity index (χ3n) is 2.06. The topological polar surface area (TPSA) is 54.0 Å². The van der Waals surface area contributed by atoms with Crippen molar-refractivity contribution in [1.82, 2.24) is 0 Å². The molecule has 5 nitrogen and oxygen atoms in total. The largest absolute Gasteiger partial charge is 0.434 e. The van der Waals surface area contributed by atoms with Crippen LogP contribution in [0.15, 0.2) is 0 Å². The highest BCUT2D eigenvalue weighted by Crippen LogP contribution is 2.20. The Morgan fingerprint density at radius 3 is 2.38 bits per heavy atom. The van der Waals surface area contributed by atoms with Crippen LogP contribution in [-0.2, 0) is 23.7 Å². The van der Waals surface area contributed by atoms with Crippen molar-refractivity contribution in [3.8, 4) is 0 Å². The van der Waals surface area contributed by atoms with Crippen molar-refractivity contribution >= 4 is 5.97 Å². The van der Waals surface area contributed by atoms with Crippen molar-refractivity contribution in [2.24, 2.45) is 0 Å². The van der Waals surface area contributed by atoms with Crippen LogP contribution in [0.5, 0.6) is 0 Å². The molecule has 0 saturated carbocycles. The molecular weight excluding hydrogens is 176 g/mol. The zero-order valence-electron chi connectivity index (χ0n) is 7.98. The Balaban J connectivity index is 2.62. The number of cyclic esters (lactones) is 1. The minimum Gasteiger partial charge on any atom is -0.434 e. The normalized spacial score (nSPS) is 34.4. The van der Waals surface area contributed by atoms with Gasteiger partial charge in [0.2, 0.25) is 6.29 Å². The van der Waals surface area contributed by atoms with Crippen LogP contribution < -0.4 is 0 Å². The predicted octanol–water partition coefficient (Wildman–Crippen LogP) is -0.0642. The molecule has 13 heavy (non-hydrogen) atoms. The van der Waals surface area contributed by atoms with Crippen molar-refractivity contribution in [2.45, 2.75) is 24.9 Å². The number of carbonyl (C=O) groups excluding carboxylic acids is 1. The first-order chi connectivity index (χ1) is 6.22. The van der Waals surface area contributed by atoms with Gasteiger partial charge in [0, 0.05) is 27.8 Å². The second-order valence-electron chi connectivity index (χ2n) is 2.77. The van der Waals surface area contributed by atoms with Crippen LogP contribution in [0.2, 0.25) is 0 Å². The lowest BCUT2D eigenvalue weighted by Crippen LogP contribution is -2.47. The highest BCUT2D eigenvalue weighted by Gasteiger charge is 2.38. The second kappa shape index (κ2) is 4.55. The molecule has 0 aromatic heterocycles. The summed E-state index contributed by atoms with van der Waals surface area (Å²) in [5.74, 6) is -0.438. The van der Waals surface area contributed by atoms with Crippen LogP contribution in [-0.4, -0.2) is 45.8 Å². The van der Waals surface area contributed by atoms with E-state index in [0.29, 0.717) is 6.42 Å². The van der Waals surface area contributed by atoms with Crippen LogP contribution in [0.4, 0.5) is 0 Å². The van der Waals surface area contributed by atoms with Gasteiger partial charge in [0.25, 0.3) is 0 Å². The molecule has 0 radical (unpaired) electrons. The van der Waals surface area contributed by atoms with Gasteiger partial charge in [-0.3, -0.25) is 0 Å². The van der Waals surface area contributed by atoms with E-state index in [1.807, 2.05) is 0 Å². The van der Waals surface area contributed by atoms with E-state index in [2.05, 4.69) is 0 Å². The molecule has 0 aromatic rings. The first kappa shape index (κ1) is 10.4. The number of esters is 1. The van der Waals surface area contributed by atoms with Gasteiger partial charge in [-0.15, -0.1) is 0 Å². The van der Waals surface area contributed by atoms with Gasteiger partial charge in [-0.05, 0) is 0 Å². The van der Waals surface area contributed by atoms with Crippen molar-refractivity contribution in [1.29, 1.82) is 0 Å². The summed E-state index contributed by atoms with van der Waals surface area (Å²) >= 11 is 0. The standard InChI is InChI=1S/C8H14O5/c1-10-5-4-6(11-2)13-8(9)7(5)12-3/h5-7H,4H2,1-3H3. The Hall–Kier alpha value is -0.650. The summed E-state index contributed by atoms with van der Waals surface area (Å²) in [6.07, 6.45) is -0.964. The van der Waals surface area contributed by atoms with E-state index in [0.717, 1.165) is 0 Å². The van der Waals surface area contributed by atoms with Crippen LogP contribution in [0.25, 0.3) is 0 Å². The molecule has 3 unspecified atom stereocenters. The second-order valence-corrected chi connectivity index (χ2v) is 2.77. The first-order valence-electron chi connectivity index (χ1n) is 4.01. The van der Waals surface area contributed by atoms with Crippen molar-refractivity contribution < 1.29 is 23.7 Å². The van der Waals surface area contributed by atoms with Gasteiger partial charge < -0.3 is 18.9 Å². The van der Waals surface area contributed by atoms with E-state index in [4.69, 9.17) is 18.9 Å². The average molecular weight is 190 g/mol. The Bertz CT molecular complexity index is 181. The van der Waals surface area contributed by atoms with Crippen LogP contribution in [0, 0.1) is 0 Å². The van der Waals surface area contributed by atoms with E-state index in [1.54, 1.807) is 0 Å². The third-order valence-corrected chi connectivity index (χ3v) is 2.06. The van der Waals surface area contributed by atoms with Gasteiger partial charge in [0.05, 0.1) is 0 Å². The minimum atomic E-state index is -0.642. The van der Waals surface area contributed by atoms with E-state index < -0.39 is 18.4 Å². The van der Waals surface area contributed by atoms with Gasteiger partial charge in [-0.2, -0.15) is 0 Å². The van der Waals surface area contributed by atoms with Crippen molar-refractivity contribution in [3.63, 3.8) is 0 Å². The maximum atomic E-state index is 11.3. The van der Waals surface area contributed by atoms with Crippen LogP contribution >= 0.6 is 0 Å². The summed E-state index contributed by atoms with van der Waals surface area (Å²) in [6, 6.07) is 0. The molecule has 1 fully saturated rings. The minimum absolute atomic E-state index is 0.295. The molecule has 1 aliphatic rings. The maximum absolute atomic E-state index is 11.3. The van der Waals surface area contributed by atoms with Gasteiger partial charge in [0.15, 0.2) is 6.10 Å². The van der Waals surface area contributed by atoms with Gasteiger partial charge in [-0.25, -0.2) is 4.79 Å². The molecule has 0 spiro atoms. The number of carbonyl (C=O) groups is 1. The third kappa shape index (κ3) is 2.18. The monoisotopic (exact) mass is 190 g/mol. The molecule has 76 valence electrons. The van der Waals surface area contributed by atoms with E-state index in [-0.39, 0.29) is 6.10 Å². The van der Waals surface area contributed by atoms with E-state index in [9.17, 15) is 4.79 Å². The lowest BCUT2D eigenvalue weighted by Gasteiger charge is -2.32. The number of rotatable bonds is 3. The average Bonchev–Trinajstić information content (AvgIpc) is 2.16. The van der Waals surface area contributed by atoms with Gasteiger partial charge >= 0.3 is 5.97 Å². The molecule has 0 N–H and O–H groups in total. The number of hydrogen-bond acceptors (Lipinski definition) is 5. The zero-order valence-corrected chi connectivity index (χ0v) is 7.98. The Labute approximate surface area is 76.9 Å². The smallest absolute Gasteiger partial charge is 0.340 e. The molecule has 0 aromatic carbocycles. The summed E-state index contributed by atoms with van der Waals surface area (Å²) < 4.78 is 19.8. The van der Waals surface area contributed by atoms with Gasteiger partial charge in [0.1, 0.15) is 6.10 Å². The molecule has 3 atom stereocenters. The molecule has 1 heterocycles. The summed E-state index contributed by atoms with van der Waals surface area (Å²) in [5.41, 5.74) is 0. The molecule has 1 aliphatic heterocycles. The van der Waals surface area contributed by atoms with Crippen LogP contribution in [0.1, 0.15) is 6.42 Å². The Morgan fingerprint density at radius 2 is 1.92 bits per heavy atom. The summed E-state index contributed by atoms with van der Waals surface area (Å²) in [6.45, 7) is 0. The fourth-order valence-corrected chi connectivity index (χ4v) is 1.32. The first-order valence-corrected chi connectivity index (χ1v) is 4.01. The quantitative estimate of drug-likeness (QED) is 0.583. The fraction of sp³-hybridized carbons (Fsp3) is 0.875. The fourth-order valence-electron chi connectivity index (χ4n) is 1.32. The van der Waals surface area contributed by atoms with Gasteiger partial charge in [-0.1, -0.05) is 0 Å². The maximum Gasteiger partial charge on any atom is 0.340 e. The molecular formula is C8H14O5. The molecule has 0 aliphatic carbocycles. The van der Waals surface area contributed by atoms with E-state index >= 15 is 0 Å². The highest BCUT2D eigenvalue weighted by atomic mass is 16.7. The number of methoxy groups -OCH3 is 3. The highest BCUT2D eigenvalue weighted by molar-refractivity contribution is 5.76. The Kier molecular flexibility index (Phi) is 3.65. The lowest BCUT2D eigenvalue weighted by molar-refractivity contribution is -0.218. The number of hydrogen-bond donors (Lipinski definition) is 0. The number of ether oxygens (including phenoxy) is 4. The molecule has 1 rings (SSSR count). The molecule has 5 heteroatoms. The molecule has 0 amide bonds. The predicted molar refractivity (Wildman–Crippen MR) is 43.1 cm³/mol. The molecule has 1 saturated heterocycles. The molecule has 0 bridgehead atoms. The summed E-state index contributed by atoms with van der Waals surface area (Å²) in [4.78, 5) is 11.3. The SMILES string of the molecule is COC1CC(OC)C(OC)C(=O)O1.